The van der Waals surface area contributed by atoms with Crippen LogP contribution in [0.3, 0.4) is 0 Å². The summed E-state index contributed by atoms with van der Waals surface area (Å²) in [4.78, 5) is 15.9. The van der Waals surface area contributed by atoms with E-state index in [0.717, 1.165) is 28.4 Å². The summed E-state index contributed by atoms with van der Waals surface area (Å²) in [5.41, 5.74) is 3.78. The molecule has 1 N–H and O–H groups in total. The summed E-state index contributed by atoms with van der Waals surface area (Å²) in [6, 6.07) is 0. The fourth-order valence-electron chi connectivity index (χ4n) is 2.75. The molecule has 0 atom stereocenters. The smallest absolute Gasteiger partial charge is 0.355 e. The Bertz CT molecular complexity index is 728. The first kappa shape index (κ1) is 14.0. The Morgan fingerprint density at radius 3 is 2.81 bits per heavy atom. The fraction of sp³-hybridized carbons (Fsp3) is 0.400. The second kappa shape index (κ2) is 5.44. The molecule has 0 saturated carbocycles. The molecule has 1 aliphatic carbocycles. The number of fused-ring (bicyclic) bond motifs is 1. The molecule has 0 saturated heterocycles. The molecule has 0 bridgehead atoms. The van der Waals surface area contributed by atoms with Gasteiger partial charge in [-0.2, -0.15) is 5.10 Å². The molecule has 0 amide bonds. The Hall–Kier alpha value is -1.95. The van der Waals surface area contributed by atoms with Crippen LogP contribution < -0.4 is 0 Å². The number of carbonyl (C=O) groups is 1. The molecule has 1 aliphatic rings. The molecule has 0 fully saturated rings. The SMILES string of the molecule is Cc1sc(C=Cc2c3c(nn2C)CCCC3)nc1C(=O)O. The summed E-state index contributed by atoms with van der Waals surface area (Å²) in [6.45, 7) is 1.78. The van der Waals surface area contributed by atoms with Crippen molar-refractivity contribution in [2.45, 2.75) is 32.6 Å². The van der Waals surface area contributed by atoms with E-state index in [0.29, 0.717) is 0 Å². The number of carboxylic acids is 1. The molecule has 110 valence electrons. The van der Waals surface area contributed by atoms with E-state index in [9.17, 15) is 4.79 Å². The monoisotopic (exact) mass is 303 g/mol. The summed E-state index contributed by atoms with van der Waals surface area (Å²) in [7, 11) is 1.95. The van der Waals surface area contributed by atoms with Crippen LogP contribution in [-0.2, 0) is 19.9 Å². The first-order valence-corrected chi connectivity index (χ1v) is 7.81. The largest absolute Gasteiger partial charge is 0.476 e. The van der Waals surface area contributed by atoms with Crippen molar-refractivity contribution in [2.24, 2.45) is 7.05 Å². The summed E-state index contributed by atoms with van der Waals surface area (Å²) >= 11 is 1.40. The standard InChI is InChI=1S/C15H17N3O2S/c1-9-14(15(19)20)16-13(21-9)8-7-12-10-5-3-4-6-11(10)17-18(12)2/h7-8H,3-6H2,1-2H3,(H,19,20). The minimum absolute atomic E-state index is 0.145. The van der Waals surface area contributed by atoms with Gasteiger partial charge in [0.2, 0.25) is 0 Å². The van der Waals surface area contributed by atoms with Gasteiger partial charge in [0.1, 0.15) is 5.01 Å². The van der Waals surface area contributed by atoms with Crippen molar-refractivity contribution < 1.29 is 9.90 Å². The topological polar surface area (TPSA) is 68.0 Å². The molecule has 2 aromatic heterocycles. The molecule has 2 heterocycles. The van der Waals surface area contributed by atoms with Gasteiger partial charge in [-0.15, -0.1) is 11.3 Å². The Labute approximate surface area is 127 Å². The third-order valence-electron chi connectivity index (χ3n) is 3.77. The van der Waals surface area contributed by atoms with E-state index in [1.54, 1.807) is 6.92 Å². The van der Waals surface area contributed by atoms with Crippen LogP contribution in [0.5, 0.6) is 0 Å². The summed E-state index contributed by atoms with van der Waals surface area (Å²) in [5.74, 6) is -0.971. The van der Waals surface area contributed by atoms with Crippen LogP contribution in [-0.4, -0.2) is 25.8 Å². The maximum atomic E-state index is 11.0. The molecule has 5 nitrogen and oxygen atoms in total. The second-order valence-electron chi connectivity index (χ2n) is 5.24. The quantitative estimate of drug-likeness (QED) is 0.946. The van der Waals surface area contributed by atoms with E-state index < -0.39 is 5.97 Å². The molecule has 0 radical (unpaired) electrons. The van der Waals surface area contributed by atoms with Gasteiger partial charge in [0.15, 0.2) is 5.69 Å². The molecule has 0 aromatic carbocycles. The van der Waals surface area contributed by atoms with Crippen LogP contribution in [0.2, 0.25) is 0 Å². The van der Waals surface area contributed by atoms with Crippen molar-refractivity contribution in [1.29, 1.82) is 0 Å². The molecular weight excluding hydrogens is 286 g/mol. The van der Waals surface area contributed by atoms with Crippen molar-refractivity contribution in [3.63, 3.8) is 0 Å². The van der Waals surface area contributed by atoms with E-state index in [1.807, 2.05) is 23.9 Å². The molecule has 2 aromatic rings. The van der Waals surface area contributed by atoms with E-state index in [-0.39, 0.29) is 5.69 Å². The Kier molecular flexibility index (Phi) is 3.63. The first-order chi connectivity index (χ1) is 10.1. The third kappa shape index (κ3) is 2.63. The minimum Gasteiger partial charge on any atom is -0.476 e. The first-order valence-electron chi connectivity index (χ1n) is 7.00. The van der Waals surface area contributed by atoms with Gasteiger partial charge < -0.3 is 5.11 Å². The van der Waals surface area contributed by atoms with Crippen LogP contribution in [0, 0.1) is 6.92 Å². The van der Waals surface area contributed by atoms with E-state index in [2.05, 4.69) is 10.1 Å². The number of rotatable bonds is 3. The van der Waals surface area contributed by atoms with E-state index in [1.165, 1.54) is 35.4 Å². The molecular formula is C15H17N3O2S. The number of hydrogen-bond acceptors (Lipinski definition) is 4. The van der Waals surface area contributed by atoms with Crippen molar-refractivity contribution >= 4 is 29.5 Å². The Balaban J connectivity index is 1.91. The van der Waals surface area contributed by atoms with Gasteiger partial charge in [-0.3, -0.25) is 4.68 Å². The normalized spacial score (nSPS) is 14.6. The maximum absolute atomic E-state index is 11.0. The predicted molar refractivity (Wildman–Crippen MR) is 82.6 cm³/mol. The number of aromatic carboxylic acids is 1. The maximum Gasteiger partial charge on any atom is 0.355 e. The van der Waals surface area contributed by atoms with E-state index in [4.69, 9.17) is 5.11 Å². The Morgan fingerprint density at radius 2 is 2.10 bits per heavy atom. The number of carboxylic acid groups (broad SMARTS) is 1. The Morgan fingerprint density at radius 1 is 1.33 bits per heavy atom. The van der Waals surface area contributed by atoms with Crippen LogP contribution in [0.1, 0.15) is 50.2 Å². The number of hydrogen-bond donors (Lipinski definition) is 1. The molecule has 3 rings (SSSR count). The van der Waals surface area contributed by atoms with Gasteiger partial charge in [0, 0.05) is 17.5 Å². The van der Waals surface area contributed by atoms with Gasteiger partial charge in [0.05, 0.1) is 11.4 Å². The lowest BCUT2D eigenvalue weighted by Crippen LogP contribution is -2.01. The van der Waals surface area contributed by atoms with Crippen molar-refractivity contribution in [3.8, 4) is 0 Å². The minimum atomic E-state index is -0.971. The van der Waals surface area contributed by atoms with Gasteiger partial charge >= 0.3 is 5.97 Å². The van der Waals surface area contributed by atoms with Crippen LogP contribution in [0.4, 0.5) is 0 Å². The van der Waals surface area contributed by atoms with Gasteiger partial charge in [-0.25, -0.2) is 9.78 Å². The summed E-state index contributed by atoms with van der Waals surface area (Å²) in [5, 5.41) is 14.3. The predicted octanol–water partition coefficient (Wildman–Crippen LogP) is 2.93. The number of aromatic nitrogens is 3. The van der Waals surface area contributed by atoms with Crippen LogP contribution in [0.25, 0.3) is 12.2 Å². The average molecular weight is 303 g/mol. The van der Waals surface area contributed by atoms with Gasteiger partial charge in [0.25, 0.3) is 0 Å². The number of aryl methyl sites for hydroxylation is 3. The summed E-state index contributed by atoms with van der Waals surface area (Å²) < 4.78 is 1.91. The molecule has 21 heavy (non-hydrogen) atoms. The highest BCUT2D eigenvalue weighted by Gasteiger charge is 2.18. The third-order valence-corrected chi connectivity index (χ3v) is 4.70. The highest BCUT2D eigenvalue weighted by atomic mass is 32.1. The zero-order valence-corrected chi connectivity index (χ0v) is 12.9. The average Bonchev–Trinajstić information content (AvgIpc) is 2.96. The summed E-state index contributed by atoms with van der Waals surface area (Å²) in [6.07, 6.45) is 8.42. The van der Waals surface area contributed by atoms with Gasteiger partial charge in [-0.1, -0.05) is 0 Å². The van der Waals surface area contributed by atoms with Crippen molar-refractivity contribution in [2.75, 3.05) is 0 Å². The number of thiazole rings is 1. The lowest BCUT2D eigenvalue weighted by molar-refractivity contribution is 0.0690. The zero-order valence-electron chi connectivity index (χ0n) is 12.1. The molecule has 6 heteroatoms. The number of nitrogens with zero attached hydrogens (tertiary/aromatic N) is 3. The highest BCUT2D eigenvalue weighted by Crippen LogP contribution is 2.26. The molecule has 0 spiro atoms. The van der Waals surface area contributed by atoms with Crippen LogP contribution in [0.15, 0.2) is 0 Å². The zero-order chi connectivity index (χ0) is 15.0. The van der Waals surface area contributed by atoms with Crippen molar-refractivity contribution in [3.05, 3.63) is 32.5 Å². The molecule has 0 aliphatic heterocycles. The lowest BCUT2D eigenvalue weighted by Gasteiger charge is -2.09. The fourth-order valence-corrected chi connectivity index (χ4v) is 3.57. The highest BCUT2D eigenvalue weighted by molar-refractivity contribution is 7.12. The molecule has 0 unspecified atom stereocenters. The van der Waals surface area contributed by atoms with Crippen molar-refractivity contribution in [1.82, 2.24) is 14.8 Å². The van der Waals surface area contributed by atoms with Crippen LogP contribution >= 0.6 is 11.3 Å². The van der Waals surface area contributed by atoms with E-state index >= 15 is 0 Å². The second-order valence-corrected chi connectivity index (χ2v) is 6.47. The lowest BCUT2D eigenvalue weighted by atomic mass is 9.96. The van der Waals surface area contributed by atoms with Gasteiger partial charge in [-0.05, 0) is 44.8 Å².